The maximum atomic E-state index is 4.43. The summed E-state index contributed by atoms with van der Waals surface area (Å²) >= 11 is 0. The van der Waals surface area contributed by atoms with Crippen LogP contribution in [0, 0.1) is 0 Å². The molecule has 17 heavy (non-hydrogen) atoms. The first kappa shape index (κ1) is 11.6. The van der Waals surface area contributed by atoms with Crippen LogP contribution in [-0.4, -0.2) is 11.5 Å². The average Bonchev–Trinajstić information content (AvgIpc) is 2.40. The third-order valence-corrected chi connectivity index (χ3v) is 2.77. The van der Waals surface area contributed by atoms with Gasteiger partial charge in [-0.05, 0) is 37.1 Å². The summed E-state index contributed by atoms with van der Waals surface area (Å²) in [4.78, 5) is 4.43. The minimum atomic E-state index is 0.929. The Balaban J connectivity index is 2.34. The number of pyridine rings is 1. The van der Waals surface area contributed by atoms with Crippen molar-refractivity contribution in [2.75, 3.05) is 11.9 Å². The highest BCUT2D eigenvalue weighted by Crippen LogP contribution is 2.21. The number of hydrogen-bond donors (Lipinski definition) is 1. The van der Waals surface area contributed by atoms with Gasteiger partial charge >= 0.3 is 0 Å². The summed E-state index contributed by atoms with van der Waals surface area (Å²) in [6.07, 6.45) is 2.91. The van der Waals surface area contributed by atoms with Crippen LogP contribution in [0.4, 0.5) is 5.69 Å². The Kier molecular flexibility index (Phi) is 3.76. The molecule has 2 nitrogen and oxygen atoms in total. The number of hydrogen-bond acceptors (Lipinski definition) is 2. The van der Waals surface area contributed by atoms with Gasteiger partial charge in [0.2, 0.25) is 0 Å². The fourth-order valence-electron chi connectivity index (χ4n) is 1.85. The zero-order valence-electron chi connectivity index (χ0n) is 10.4. The van der Waals surface area contributed by atoms with Gasteiger partial charge in [0.05, 0.1) is 5.69 Å². The standard InChI is InChI=1S/C15H18N2/c1-3-12-6-5-7-13(10-12)15-11-14(16-4-2)8-9-17-15/h5-11H,3-4H2,1-2H3,(H,16,17). The lowest BCUT2D eigenvalue weighted by molar-refractivity contribution is 1.14. The summed E-state index contributed by atoms with van der Waals surface area (Å²) in [6, 6.07) is 12.7. The topological polar surface area (TPSA) is 24.9 Å². The number of rotatable bonds is 4. The Bertz CT molecular complexity index is 492. The van der Waals surface area contributed by atoms with Crippen LogP contribution in [0.15, 0.2) is 42.6 Å². The quantitative estimate of drug-likeness (QED) is 0.859. The maximum Gasteiger partial charge on any atom is 0.0722 e. The molecule has 0 bridgehead atoms. The lowest BCUT2D eigenvalue weighted by atomic mass is 10.1. The number of nitrogens with zero attached hydrogens (tertiary/aromatic N) is 1. The van der Waals surface area contributed by atoms with Crippen molar-refractivity contribution in [3.8, 4) is 11.3 Å². The largest absolute Gasteiger partial charge is 0.385 e. The summed E-state index contributed by atoms with van der Waals surface area (Å²) in [7, 11) is 0. The van der Waals surface area contributed by atoms with Gasteiger partial charge in [0.25, 0.3) is 0 Å². The molecule has 0 saturated carbocycles. The Hall–Kier alpha value is -1.83. The highest BCUT2D eigenvalue weighted by molar-refractivity contribution is 5.64. The third kappa shape index (κ3) is 2.84. The van der Waals surface area contributed by atoms with E-state index >= 15 is 0 Å². The van der Waals surface area contributed by atoms with E-state index in [9.17, 15) is 0 Å². The summed E-state index contributed by atoms with van der Waals surface area (Å²) in [5, 5.41) is 3.31. The SMILES string of the molecule is CCNc1ccnc(-c2cccc(CC)c2)c1. The van der Waals surface area contributed by atoms with E-state index < -0.39 is 0 Å². The highest BCUT2D eigenvalue weighted by atomic mass is 14.9. The van der Waals surface area contributed by atoms with Gasteiger partial charge in [-0.25, -0.2) is 0 Å². The number of aromatic nitrogens is 1. The summed E-state index contributed by atoms with van der Waals surface area (Å²) in [6.45, 7) is 5.19. The maximum absolute atomic E-state index is 4.43. The van der Waals surface area contributed by atoms with E-state index in [4.69, 9.17) is 0 Å². The van der Waals surface area contributed by atoms with Gasteiger partial charge in [0.1, 0.15) is 0 Å². The zero-order chi connectivity index (χ0) is 12.1. The molecule has 0 fully saturated rings. The Labute approximate surface area is 103 Å². The predicted molar refractivity (Wildman–Crippen MR) is 73.2 cm³/mol. The molecule has 0 unspecified atom stereocenters. The van der Waals surface area contributed by atoms with Crippen molar-refractivity contribution >= 4 is 5.69 Å². The van der Waals surface area contributed by atoms with Crippen molar-refractivity contribution < 1.29 is 0 Å². The van der Waals surface area contributed by atoms with Gasteiger partial charge in [0, 0.05) is 24.0 Å². The molecule has 0 atom stereocenters. The van der Waals surface area contributed by atoms with Gasteiger partial charge in [0.15, 0.2) is 0 Å². The normalized spacial score (nSPS) is 10.2. The van der Waals surface area contributed by atoms with Crippen LogP contribution in [0.2, 0.25) is 0 Å². The van der Waals surface area contributed by atoms with Crippen molar-refractivity contribution in [3.63, 3.8) is 0 Å². The minimum absolute atomic E-state index is 0.929. The first-order valence-corrected chi connectivity index (χ1v) is 6.12. The average molecular weight is 226 g/mol. The number of nitrogens with one attached hydrogen (secondary N) is 1. The number of aryl methyl sites for hydroxylation is 1. The van der Waals surface area contributed by atoms with E-state index in [-0.39, 0.29) is 0 Å². The van der Waals surface area contributed by atoms with E-state index in [0.29, 0.717) is 0 Å². The van der Waals surface area contributed by atoms with Crippen molar-refractivity contribution in [1.29, 1.82) is 0 Å². The lowest BCUT2D eigenvalue weighted by Gasteiger charge is -2.06. The van der Waals surface area contributed by atoms with Gasteiger partial charge in [-0.1, -0.05) is 25.1 Å². The second-order valence-corrected chi connectivity index (χ2v) is 4.01. The van der Waals surface area contributed by atoms with E-state index in [0.717, 1.165) is 24.3 Å². The fraction of sp³-hybridized carbons (Fsp3) is 0.267. The van der Waals surface area contributed by atoms with Gasteiger partial charge in [-0.2, -0.15) is 0 Å². The molecule has 0 spiro atoms. The fourth-order valence-corrected chi connectivity index (χ4v) is 1.85. The van der Waals surface area contributed by atoms with Crippen LogP contribution >= 0.6 is 0 Å². The smallest absolute Gasteiger partial charge is 0.0722 e. The first-order chi connectivity index (χ1) is 8.33. The monoisotopic (exact) mass is 226 g/mol. The van der Waals surface area contributed by atoms with Crippen LogP contribution in [0.1, 0.15) is 19.4 Å². The molecule has 0 aliphatic rings. The molecule has 0 saturated heterocycles. The molecule has 1 N–H and O–H groups in total. The highest BCUT2D eigenvalue weighted by Gasteiger charge is 2.01. The molecule has 1 aromatic carbocycles. The van der Waals surface area contributed by atoms with E-state index in [2.05, 4.69) is 54.5 Å². The molecule has 0 amide bonds. The molecule has 0 aliphatic carbocycles. The minimum Gasteiger partial charge on any atom is -0.385 e. The van der Waals surface area contributed by atoms with Crippen LogP contribution in [0.25, 0.3) is 11.3 Å². The summed E-state index contributed by atoms with van der Waals surface area (Å²) in [5.74, 6) is 0. The van der Waals surface area contributed by atoms with Gasteiger partial charge in [-0.3, -0.25) is 4.98 Å². The van der Waals surface area contributed by atoms with Crippen LogP contribution in [0.5, 0.6) is 0 Å². The summed E-state index contributed by atoms with van der Waals surface area (Å²) in [5.41, 5.74) is 4.68. The zero-order valence-corrected chi connectivity index (χ0v) is 10.4. The number of anilines is 1. The van der Waals surface area contributed by atoms with Crippen LogP contribution in [0.3, 0.4) is 0 Å². The molecule has 2 heteroatoms. The molecular weight excluding hydrogens is 208 g/mol. The van der Waals surface area contributed by atoms with Crippen molar-refractivity contribution in [2.24, 2.45) is 0 Å². The Morgan fingerprint density at radius 2 is 2.00 bits per heavy atom. The van der Waals surface area contributed by atoms with Gasteiger partial charge < -0.3 is 5.32 Å². The third-order valence-electron chi connectivity index (χ3n) is 2.77. The molecule has 0 radical (unpaired) electrons. The molecule has 2 aromatic rings. The van der Waals surface area contributed by atoms with Crippen molar-refractivity contribution in [2.45, 2.75) is 20.3 Å². The van der Waals surface area contributed by atoms with E-state index in [1.807, 2.05) is 12.3 Å². The summed E-state index contributed by atoms with van der Waals surface area (Å²) < 4.78 is 0. The molecular formula is C15H18N2. The van der Waals surface area contributed by atoms with Crippen LogP contribution in [-0.2, 0) is 6.42 Å². The van der Waals surface area contributed by atoms with Gasteiger partial charge in [-0.15, -0.1) is 0 Å². The lowest BCUT2D eigenvalue weighted by Crippen LogP contribution is -1.97. The predicted octanol–water partition coefficient (Wildman–Crippen LogP) is 3.74. The molecule has 1 heterocycles. The first-order valence-electron chi connectivity index (χ1n) is 6.12. The Morgan fingerprint density at radius 1 is 1.12 bits per heavy atom. The Morgan fingerprint density at radius 3 is 2.76 bits per heavy atom. The van der Waals surface area contributed by atoms with E-state index in [1.54, 1.807) is 0 Å². The second-order valence-electron chi connectivity index (χ2n) is 4.01. The molecule has 0 aliphatic heterocycles. The van der Waals surface area contributed by atoms with Crippen molar-refractivity contribution in [3.05, 3.63) is 48.2 Å². The molecule has 88 valence electrons. The second kappa shape index (κ2) is 5.48. The number of benzene rings is 1. The van der Waals surface area contributed by atoms with E-state index in [1.165, 1.54) is 11.1 Å². The molecule has 1 aromatic heterocycles. The van der Waals surface area contributed by atoms with Crippen molar-refractivity contribution in [1.82, 2.24) is 4.98 Å². The van der Waals surface area contributed by atoms with Crippen LogP contribution < -0.4 is 5.32 Å². The molecule has 2 rings (SSSR count).